The molecular formula is C14H19NO4. The van der Waals surface area contributed by atoms with Crippen LogP contribution in [-0.2, 0) is 16.0 Å². The van der Waals surface area contributed by atoms with Crippen molar-refractivity contribution in [3.05, 3.63) is 35.4 Å². The molecule has 0 atom stereocenters. The summed E-state index contributed by atoms with van der Waals surface area (Å²) in [5.74, 6) is -0.966. The predicted molar refractivity (Wildman–Crippen MR) is 71.2 cm³/mol. The first-order chi connectivity index (χ1) is 9.13. The SMILES string of the molecule is CCOCCC(=O)NCCc1ccc(C(=O)O)cc1. The third kappa shape index (κ3) is 6.01. The molecule has 0 aliphatic rings. The Bertz CT molecular complexity index is 414. The number of benzene rings is 1. The number of rotatable bonds is 8. The van der Waals surface area contributed by atoms with Crippen molar-refractivity contribution in [3.63, 3.8) is 0 Å². The van der Waals surface area contributed by atoms with Crippen LogP contribution in [0.25, 0.3) is 0 Å². The van der Waals surface area contributed by atoms with Gasteiger partial charge in [0.05, 0.1) is 12.2 Å². The van der Waals surface area contributed by atoms with Gasteiger partial charge in [-0.25, -0.2) is 4.79 Å². The standard InChI is InChI=1S/C14H19NO4/c1-2-19-10-8-13(16)15-9-7-11-3-5-12(6-4-11)14(17)18/h3-6H,2,7-10H2,1H3,(H,15,16)(H,17,18). The van der Waals surface area contributed by atoms with E-state index in [1.54, 1.807) is 24.3 Å². The lowest BCUT2D eigenvalue weighted by Gasteiger charge is -2.05. The van der Waals surface area contributed by atoms with E-state index < -0.39 is 5.97 Å². The molecule has 0 saturated carbocycles. The molecule has 0 radical (unpaired) electrons. The van der Waals surface area contributed by atoms with Gasteiger partial charge in [-0.3, -0.25) is 4.79 Å². The molecule has 0 spiro atoms. The number of carbonyl (C=O) groups excluding carboxylic acids is 1. The molecule has 5 heteroatoms. The number of hydrogen-bond acceptors (Lipinski definition) is 3. The van der Waals surface area contributed by atoms with Crippen LogP contribution in [0.1, 0.15) is 29.3 Å². The van der Waals surface area contributed by atoms with Crippen LogP contribution < -0.4 is 5.32 Å². The number of ether oxygens (including phenoxy) is 1. The summed E-state index contributed by atoms with van der Waals surface area (Å²) in [6.45, 7) is 3.48. The highest BCUT2D eigenvalue weighted by Gasteiger charge is 2.03. The van der Waals surface area contributed by atoms with Crippen molar-refractivity contribution in [2.45, 2.75) is 19.8 Å². The van der Waals surface area contributed by atoms with Gasteiger partial charge < -0.3 is 15.2 Å². The maximum Gasteiger partial charge on any atom is 0.335 e. The Hall–Kier alpha value is -1.88. The Labute approximate surface area is 112 Å². The zero-order valence-electron chi connectivity index (χ0n) is 11.0. The molecule has 104 valence electrons. The average Bonchev–Trinajstić information content (AvgIpc) is 2.39. The molecule has 0 heterocycles. The van der Waals surface area contributed by atoms with E-state index in [1.807, 2.05) is 6.92 Å². The molecule has 2 N–H and O–H groups in total. The highest BCUT2D eigenvalue weighted by Crippen LogP contribution is 2.04. The van der Waals surface area contributed by atoms with Crippen LogP contribution in [0.4, 0.5) is 0 Å². The second kappa shape index (κ2) is 8.26. The minimum absolute atomic E-state index is 0.0318. The van der Waals surface area contributed by atoms with E-state index in [-0.39, 0.29) is 11.5 Å². The van der Waals surface area contributed by atoms with Crippen LogP contribution in [0, 0.1) is 0 Å². The van der Waals surface area contributed by atoms with Gasteiger partial charge in [-0.1, -0.05) is 12.1 Å². The molecule has 0 bridgehead atoms. The fraction of sp³-hybridized carbons (Fsp3) is 0.429. The maximum absolute atomic E-state index is 11.4. The summed E-state index contributed by atoms with van der Waals surface area (Å²) in [7, 11) is 0. The first kappa shape index (κ1) is 15.2. The molecule has 0 aliphatic carbocycles. The van der Waals surface area contributed by atoms with Crippen LogP contribution in [0.5, 0.6) is 0 Å². The van der Waals surface area contributed by atoms with Gasteiger partial charge in [0.1, 0.15) is 0 Å². The van der Waals surface area contributed by atoms with Gasteiger partial charge in [0.2, 0.25) is 5.91 Å². The number of carbonyl (C=O) groups is 2. The van der Waals surface area contributed by atoms with Crippen LogP contribution in [0.2, 0.25) is 0 Å². The lowest BCUT2D eigenvalue weighted by Crippen LogP contribution is -2.26. The summed E-state index contributed by atoms with van der Waals surface area (Å²) in [6, 6.07) is 6.65. The van der Waals surface area contributed by atoms with Gasteiger partial charge in [0, 0.05) is 19.6 Å². The Morgan fingerprint density at radius 2 is 1.95 bits per heavy atom. The Morgan fingerprint density at radius 1 is 1.26 bits per heavy atom. The van der Waals surface area contributed by atoms with Crippen molar-refractivity contribution in [3.8, 4) is 0 Å². The minimum atomic E-state index is -0.934. The van der Waals surface area contributed by atoms with Gasteiger partial charge >= 0.3 is 5.97 Å². The van der Waals surface area contributed by atoms with E-state index in [1.165, 1.54) is 0 Å². The molecule has 0 saturated heterocycles. The zero-order chi connectivity index (χ0) is 14.1. The van der Waals surface area contributed by atoms with Gasteiger partial charge in [0.15, 0.2) is 0 Å². The van der Waals surface area contributed by atoms with E-state index >= 15 is 0 Å². The monoisotopic (exact) mass is 265 g/mol. The molecule has 0 fully saturated rings. The molecule has 5 nitrogen and oxygen atoms in total. The lowest BCUT2D eigenvalue weighted by molar-refractivity contribution is -0.122. The molecule has 1 aromatic carbocycles. The quantitative estimate of drug-likeness (QED) is 0.698. The molecule has 0 unspecified atom stereocenters. The summed E-state index contributed by atoms with van der Waals surface area (Å²) in [4.78, 5) is 22.1. The van der Waals surface area contributed by atoms with Crippen molar-refractivity contribution < 1.29 is 19.4 Å². The van der Waals surface area contributed by atoms with Crippen molar-refractivity contribution in [2.75, 3.05) is 19.8 Å². The summed E-state index contributed by atoms with van der Waals surface area (Å²) in [5, 5.41) is 11.6. The third-order valence-corrected chi connectivity index (χ3v) is 2.61. The smallest absolute Gasteiger partial charge is 0.335 e. The van der Waals surface area contributed by atoms with Crippen molar-refractivity contribution in [1.82, 2.24) is 5.32 Å². The van der Waals surface area contributed by atoms with Gasteiger partial charge in [-0.2, -0.15) is 0 Å². The Kier molecular flexibility index (Phi) is 6.60. The molecular weight excluding hydrogens is 246 g/mol. The summed E-state index contributed by atoms with van der Waals surface area (Å²) in [6.07, 6.45) is 1.05. The van der Waals surface area contributed by atoms with Crippen LogP contribution >= 0.6 is 0 Å². The number of carboxylic acids is 1. The minimum Gasteiger partial charge on any atom is -0.478 e. The molecule has 0 aromatic heterocycles. The summed E-state index contributed by atoms with van der Waals surface area (Å²) in [5.41, 5.74) is 1.26. The third-order valence-electron chi connectivity index (χ3n) is 2.61. The topological polar surface area (TPSA) is 75.6 Å². The van der Waals surface area contributed by atoms with Crippen LogP contribution in [0.3, 0.4) is 0 Å². The van der Waals surface area contributed by atoms with Crippen molar-refractivity contribution in [1.29, 1.82) is 0 Å². The van der Waals surface area contributed by atoms with E-state index in [4.69, 9.17) is 9.84 Å². The zero-order valence-corrected chi connectivity index (χ0v) is 11.0. The number of amides is 1. The lowest BCUT2D eigenvalue weighted by atomic mass is 10.1. The molecule has 0 aliphatic heterocycles. The van der Waals surface area contributed by atoms with Crippen molar-refractivity contribution in [2.24, 2.45) is 0 Å². The highest BCUT2D eigenvalue weighted by atomic mass is 16.5. The van der Waals surface area contributed by atoms with Gasteiger partial charge in [0.25, 0.3) is 0 Å². The number of hydrogen-bond donors (Lipinski definition) is 2. The second-order valence-corrected chi connectivity index (χ2v) is 4.05. The average molecular weight is 265 g/mol. The number of aromatic carboxylic acids is 1. The summed E-state index contributed by atoms with van der Waals surface area (Å²) >= 11 is 0. The van der Waals surface area contributed by atoms with E-state index in [0.29, 0.717) is 32.6 Å². The van der Waals surface area contributed by atoms with Gasteiger partial charge in [-0.05, 0) is 31.0 Å². The summed E-state index contributed by atoms with van der Waals surface area (Å²) < 4.78 is 5.09. The van der Waals surface area contributed by atoms with E-state index in [2.05, 4.69) is 5.32 Å². The van der Waals surface area contributed by atoms with Crippen molar-refractivity contribution >= 4 is 11.9 Å². The first-order valence-corrected chi connectivity index (χ1v) is 6.30. The van der Waals surface area contributed by atoms with E-state index in [9.17, 15) is 9.59 Å². The number of carboxylic acid groups (broad SMARTS) is 1. The van der Waals surface area contributed by atoms with Crippen LogP contribution in [0.15, 0.2) is 24.3 Å². The maximum atomic E-state index is 11.4. The molecule has 1 amide bonds. The Balaban J connectivity index is 2.25. The second-order valence-electron chi connectivity index (χ2n) is 4.05. The Morgan fingerprint density at radius 3 is 2.53 bits per heavy atom. The van der Waals surface area contributed by atoms with E-state index in [0.717, 1.165) is 5.56 Å². The molecule has 1 aromatic rings. The predicted octanol–water partition coefficient (Wildman–Crippen LogP) is 1.47. The number of nitrogens with one attached hydrogen (secondary N) is 1. The molecule has 19 heavy (non-hydrogen) atoms. The largest absolute Gasteiger partial charge is 0.478 e. The van der Waals surface area contributed by atoms with Gasteiger partial charge in [-0.15, -0.1) is 0 Å². The highest BCUT2D eigenvalue weighted by molar-refractivity contribution is 5.87. The fourth-order valence-electron chi connectivity index (χ4n) is 1.56. The normalized spacial score (nSPS) is 10.2. The van der Waals surface area contributed by atoms with Crippen LogP contribution in [-0.4, -0.2) is 36.7 Å². The fourth-order valence-corrected chi connectivity index (χ4v) is 1.56. The molecule has 1 rings (SSSR count). The first-order valence-electron chi connectivity index (χ1n) is 6.30.